The molecule has 0 atom stereocenters. The molecule has 1 heterocycles. The summed E-state index contributed by atoms with van der Waals surface area (Å²) in [5.41, 5.74) is -0.204. The van der Waals surface area contributed by atoms with Crippen molar-refractivity contribution in [2.45, 2.75) is 13.8 Å². The van der Waals surface area contributed by atoms with Crippen molar-refractivity contribution >= 4 is 0 Å². The predicted octanol–water partition coefficient (Wildman–Crippen LogP) is -0.460. The van der Waals surface area contributed by atoms with Crippen molar-refractivity contribution < 1.29 is 0 Å². The molecule has 1 aromatic heterocycles. The molecule has 0 aromatic carbocycles. The summed E-state index contributed by atoms with van der Waals surface area (Å²) < 4.78 is 2.33. The van der Waals surface area contributed by atoms with Crippen molar-refractivity contribution in [3.63, 3.8) is 0 Å². The quantitative estimate of drug-likeness (QED) is 0.495. The lowest BCUT2D eigenvalue weighted by Gasteiger charge is -1.76. The van der Waals surface area contributed by atoms with E-state index in [1.807, 2.05) is 13.8 Å². The summed E-state index contributed by atoms with van der Waals surface area (Å²) in [6.45, 7) is 4.00. The molecule has 58 valence electrons. The fourth-order valence-corrected chi connectivity index (χ4v) is 0.406. The zero-order chi connectivity index (χ0) is 8.15. The Morgan fingerprint density at radius 3 is 1.50 bits per heavy atom. The van der Waals surface area contributed by atoms with Gasteiger partial charge < -0.3 is 0 Å². The molecule has 0 fully saturated rings. The molecule has 1 rings (SSSR count). The topological polar surface area (TPSA) is 52.7 Å². The van der Waals surface area contributed by atoms with Crippen molar-refractivity contribution in [2.75, 3.05) is 0 Å². The molecule has 0 radical (unpaired) electrons. The van der Waals surface area contributed by atoms with Gasteiger partial charge in [-0.25, -0.2) is 4.79 Å². The molecule has 0 aliphatic carbocycles. The second kappa shape index (κ2) is 3.81. The van der Waals surface area contributed by atoms with Crippen LogP contribution in [0.3, 0.4) is 0 Å². The first-order valence-electron chi connectivity index (χ1n) is 3.15. The van der Waals surface area contributed by atoms with Gasteiger partial charge in [0.1, 0.15) is 0 Å². The van der Waals surface area contributed by atoms with Crippen LogP contribution in [0.1, 0.15) is 13.8 Å². The Morgan fingerprint density at radius 1 is 1.10 bits per heavy atom. The summed E-state index contributed by atoms with van der Waals surface area (Å²) in [4.78, 5) is 10.6. The van der Waals surface area contributed by atoms with Crippen molar-refractivity contribution in [3.05, 3.63) is 10.5 Å². The maximum atomic E-state index is 10.6. The van der Waals surface area contributed by atoms with E-state index in [4.69, 9.17) is 0 Å². The van der Waals surface area contributed by atoms with E-state index in [9.17, 15) is 4.79 Å². The van der Waals surface area contributed by atoms with Crippen molar-refractivity contribution in [2.24, 2.45) is 14.1 Å². The van der Waals surface area contributed by atoms with E-state index in [1.165, 1.54) is 9.36 Å². The molecule has 0 bridgehead atoms. The van der Waals surface area contributed by atoms with E-state index in [-0.39, 0.29) is 5.69 Å². The van der Waals surface area contributed by atoms with E-state index in [0.29, 0.717) is 0 Å². The van der Waals surface area contributed by atoms with E-state index >= 15 is 0 Å². The lowest BCUT2D eigenvalue weighted by atomic mass is 11.0. The van der Waals surface area contributed by atoms with Gasteiger partial charge in [-0.3, -0.25) is 0 Å². The second-order valence-corrected chi connectivity index (χ2v) is 1.51. The van der Waals surface area contributed by atoms with Crippen LogP contribution in [0.5, 0.6) is 0 Å². The zero-order valence-corrected chi connectivity index (χ0v) is 6.70. The van der Waals surface area contributed by atoms with Crippen molar-refractivity contribution in [1.82, 2.24) is 19.8 Å². The normalized spacial score (nSPS) is 8.40. The van der Waals surface area contributed by atoms with Gasteiger partial charge in [0, 0.05) is 14.1 Å². The van der Waals surface area contributed by atoms with Gasteiger partial charge in [0.15, 0.2) is 0 Å². The predicted molar refractivity (Wildman–Crippen MR) is 37.6 cm³/mol. The summed E-state index contributed by atoms with van der Waals surface area (Å²) in [6.07, 6.45) is 0. The molecular weight excluding hydrogens is 132 g/mol. The van der Waals surface area contributed by atoms with E-state index in [1.54, 1.807) is 14.1 Å². The minimum Gasteiger partial charge on any atom is -0.244 e. The Balaban J connectivity index is 0.000000371. The number of hydrogen-bond acceptors (Lipinski definition) is 3. The van der Waals surface area contributed by atoms with Crippen LogP contribution in [0.2, 0.25) is 0 Å². The molecule has 0 saturated carbocycles. The minimum atomic E-state index is -0.204. The average molecular weight is 144 g/mol. The summed E-state index contributed by atoms with van der Waals surface area (Å²) >= 11 is 0. The molecule has 0 N–H and O–H groups in total. The fraction of sp³-hybridized carbons (Fsp3) is 0.800. The van der Waals surface area contributed by atoms with Crippen molar-refractivity contribution in [3.8, 4) is 0 Å². The highest BCUT2D eigenvalue weighted by Gasteiger charge is 1.92. The summed E-state index contributed by atoms with van der Waals surface area (Å²) in [6, 6.07) is 0. The lowest BCUT2D eigenvalue weighted by Crippen LogP contribution is -2.20. The van der Waals surface area contributed by atoms with Crippen LogP contribution < -0.4 is 5.69 Å². The smallest absolute Gasteiger partial charge is 0.244 e. The molecule has 5 nitrogen and oxygen atoms in total. The van der Waals surface area contributed by atoms with E-state index in [2.05, 4.69) is 10.4 Å². The van der Waals surface area contributed by atoms with Gasteiger partial charge >= 0.3 is 5.69 Å². The van der Waals surface area contributed by atoms with Crippen LogP contribution >= 0.6 is 0 Å². The molecule has 5 heteroatoms. The van der Waals surface area contributed by atoms with Gasteiger partial charge in [-0.15, -0.1) is 0 Å². The minimum absolute atomic E-state index is 0.204. The van der Waals surface area contributed by atoms with E-state index in [0.717, 1.165) is 0 Å². The molecule has 0 aliphatic rings. The fourth-order valence-electron chi connectivity index (χ4n) is 0.406. The summed E-state index contributed by atoms with van der Waals surface area (Å²) in [7, 11) is 3.10. The van der Waals surface area contributed by atoms with Crippen LogP contribution in [-0.4, -0.2) is 19.8 Å². The number of aromatic nitrogens is 4. The molecule has 0 aliphatic heterocycles. The molecule has 0 unspecified atom stereocenters. The van der Waals surface area contributed by atoms with E-state index < -0.39 is 0 Å². The highest BCUT2D eigenvalue weighted by Crippen LogP contribution is 1.56. The molecular formula is C5H12N4O. The van der Waals surface area contributed by atoms with Crippen LogP contribution in [-0.2, 0) is 14.1 Å². The van der Waals surface area contributed by atoms with Crippen molar-refractivity contribution in [1.29, 1.82) is 0 Å². The summed E-state index contributed by atoms with van der Waals surface area (Å²) in [5.74, 6) is 0. The average Bonchev–Trinajstić information content (AvgIpc) is 2.25. The number of hydrogen-bond donors (Lipinski definition) is 0. The van der Waals surface area contributed by atoms with Gasteiger partial charge in [0.05, 0.1) is 0 Å². The molecule has 0 spiro atoms. The largest absolute Gasteiger partial charge is 0.363 e. The molecule has 0 amide bonds. The number of rotatable bonds is 0. The van der Waals surface area contributed by atoms with Crippen LogP contribution in [0.4, 0.5) is 0 Å². The van der Waals surface area contributed by atoms with Crippen LogP contribution in [0.25, 0.3) is 0 Å². The maximum Gasteiger partial charge on any atom is 0.363 e. The SMILES string of the molecule is CC.Cn1nnn(C)c1=O. The van der Waals surface area contributed by atoms with Gasteiger partial charge in [0.2, 0.25) is 0 Å². The Bertz CT molecular complexity index is 214. The molecule has 10 heavy (non-hydrogen) atoms. The Morgan fingerprint density at radius 2 is 1.40 bits per heavy atom. The third-order valence-corrected chi connectivity index (χ3v) is 0.862. The standard InChI is InChI=1S/C3H6N4O.C2H6/c1-6-3(8)7(2)5-4-6;1-2/h1-2H3;1-2H3. The van der Waals surface area contributed by atoms with Crippen LogP contribution in [0.15, 0.2) is 4.79 Å². The number of nitrogens with zero attached hydrogens (tertiary/aromatic N) is 4. The van der Waals surface area contributed by atoms with Gasteiger partial charge in [-0.2, -0.15) is 9.36 Å². The monoisotopic (exact) mass is 144 g/mol. The Labute approximate surface area is 59.3 Å². The lowest BCUT2D eigenvalue weighted by molar-refractivity contribution is 0.681. The number of tetrazole rings is 1. The first-order chi connectivity index (χ1) is 4.72. The maximum absolute atomic E-state index is 10.6. The van der Waals surface area contributed by atoms with Crippen LogP contribution in [0, 0.1) is 0 Å². The molecule has 0 saturated heterocycles. The third kappa shape index (κ3) is 1.68. The highest BCUT2D eigenvalue weighted by atomic mass is 16.2. The zero-order valence-electron chi connectivity index (χ0n) is 6.70. The van der Waals surface area contributed by atoms with Gasteiger partial charge in [-0.1, -0.05) is 13.8 Å². The number of aryl methyl sites for hydroxylation is 2. The van der Waals surface area contributed by atoms with Gasteiger partial charge in [-0.05, 0) is 10.4 Å². The second-order valence-electron chi connectivity index (χ2n) is 1.51. The summed E-state index contributed by atoms with van der Waals surface area (Å²) in [5, 5.41) is 6.87. The third-order valence-electron chi connectivity index (χ3n) is 0.862. The Hall–Kier alpha value is -1.13. The highest BCUT2D eigenvalue weighted by molar-refractivity contribution is 4.49. The first kappa shape index (κ1) is 8.87. The Kier molecular flexibility index (Phi) is 3.38. The first-order valence-corrected chi connectivity index (χ1v) is 3.15. The molecule has 1 aromatic rings. The van der Waals surface area contributed by atoms with Gasteiger partial charge in [0.25, 0.3) is 0 Å².